The molecule has 1 aliphatic heterocycles. The number of nitrogens with zero attached hydrogens (tertiary/aromatic N) is 5. The second kappa shape index (κ2) is 10.7. The number of benzene rings is 3. The Morgan fingerprint density at radius 3 is 2.38 bits per heavy atom. The van der Waals surface area contributed by atoms with Crippen molar-refractivity contribution in [2.75, 3.05) is 43.0 Å². The van der Waals surface area contributed by atoms with Crippen molar-refractivity contribution in [1.29, 1.82) is 0 Å². The van der Waals surface area contributed by atoms with Gasteiger partial charge in [0.25, 0.3) is 0 Å². The molecule has 1 saturated heterocycles. The first kappa shape index (κ1) is 27.6. The fraction of sp³-hybridized carbons (Fsp3) is 0.207. The number of nitrogens with two attached hydrogens (primary N) is 1. The van der Waals surface area contributed by atoms with E-state index in [1.54, 1.807) is 24.3 Å². The molecule has 2 amide bonds. The van der Waals surface area contributed by atoms with E-state index in [0.717, 1.165) is 59.9 Å². The molecule has 3 heterocycles. The van der Waals surface area contributed by atoms with Crippen LogP contribution in [0.5, 0.6) is 0 Å². The van der Waals surface area contributed by atoms with Gasteiger partial charge in [-0.25, -0.2) is 9.78 Å². The van der Waals surface area contributed by atoms with Crippen molar-refractivity contribution in [3.8, 4) is 22.8 Å². The van der Waals surface area contributed by atoms with Gasteiger partial charge in [0.05, 0.1) is 38.7 Å². The Balaban J connectivity index is 1.23. The standard InChI is InChI=1S/C29H26ClF3N8O/c1-39-10-12-40(13-11-39)19-7-9-23-25(15-19)36-27(35-23)26-16-24(37-38-26)17-2-4-18(5-3-17)41(28(34)42)20-6-8-22(30)21(14-20)29(31,32)33/h2-9,14-16H,10-13H2,1H3,(H2,34,42)(H,35,36)(H,37,38). The van der Waals surface area contributed by atoms with E-state index in [-0.39, 0.29) is 11.4 Å². The maximum atomic E-state index is 13.4. The monoisotopic (exact) mass is 594 g/mol. The van der Waals surface area contributed by atoms with E-state index >= 15 is 0 Å². The quantitative estimate of drug-likeness (QED) is 0.222. The third-order valence-corrected chi connectivity index (χ3v) is 7.65. The molecule has 0 unspecified atom stereocenters. The topological polar surface area (TPSA) is 110 Å². The van der Waals surface area contributed by atoms with Crippen molar-refractivity contribution < 1.29 is 18.0 Å². The number of nitrogens with one attached hydrogen (secondary N) is 2. The molecule has 4 N–H and O–H groups in total. The molecule has 0 saturated carbocycles. The number of urea groups is 1. The number of primary amides is 1. The minimum Gasteiger partial charge on any atom is -0.369 e. The van der Waals surface area contributed by atoms with Crippen LogP contribution in [-0.2, 0) is 6.18 Å². The molecule has 1 aliphatic rings. The molecule has 0 atom stereocenters. The third-order valence-electron chi connectivity index (χ3n) is 7.32. The number of halogens is 4. The largest absolute Gasteiger partial charge is 0.417 e. The highest BCUT2D eigenvalue weighted by Gasteiger charge is 2.34. The third kappa shape index (κ3) is 5.38. The number of rotatable bonds is 5. The Hall–Kier alpha value is -4.55. The van der Waals surface area contributed by atoms with E-state index < -0.39 is 22.8 Å². The number of carbonyl (C=O) groups excluding carboxylic acids is 1. The summed E-state index contributed by atoms with van der Waals surface area (Å²) >= 11 is 5.74. The van der Waals surface area contributed by atoms with Crippen LogP contribution in [0.25, 0.3) is 33.8 Å². The van der Waals surface area contributed by atoms with E-state index in [1.807, 2.05) is 12.1 Å². The zero-order valence-electron chi connectivity index (χ0n) is 22.4. The number of H-pyrrole nitrogens is 2. The average Bonchev–Trinajstić information content (AvgIpc) is 3.61. The number of anilines is 3. The summed E-state index contributed by atoms with van der Waals surface area (Å²) in [6.07, 6.45) is -4.69. The van der Waals surface area contributed by atoms with Crippen molar-refractivity contribution in [3.05, 3.63) is 77.3 Å². The van der Waals surface area contributed by atoms with E-state index in [1.165, 1.54) is 6.07 Å². The fourth-order valence-corrected chi connectivity index (χ4v) is 5.26. The molecule has 6 rings (SSSR count). The molecule has 0 radical (unpaired) electrons. The lowest BCUT2D eigenvalue weighted by Crippen LogP contribution is -2.44. The smallest absolute Gasteiger partial charge is 0.369 e. The number of amides is 2. The van der Waals surface area contributed by atoms with Crippen molar-refractivity contribution in [2.45, 2.75) is 6.18 Å². The zero-order chi connectivity index (χ0) is 29.6. The lowest BCUT2D eigenvalue weighted by molar-refractivity contribution is -0.137. The Kier molecular flexibility index (Phi) is 7.03. The van der Waals surface area contributed by atoms with Crippen LogP contribution in [0.4, 0.5) is 35.0 Å². The SMILES string of the molecule is CN1CCN(c2ccc3nc(-c4cc(-c5ccc(N(C(N)=O)c6ccc(Cl)c(C(F)(F)F)c6)cc5)n[nH]4)[nH]c3c2)CC1. The first-order chi connectivity index (χ1) is 20.1. The number of likely N-dealkylation sites (N-methyl/N-ethyl adjacent to an activating group) is 1. The number of alkyl halides is 3. The highest BCUT2D eigenvalue weighted by atomic mass is 35.5. The van der Waals surface area contributed by atoms with Crippen molar-refractivity contribution in [3.63, 3.8) is 0 Å². The molecular formula is C29H26ClF3N8O. The Labute approximate surface area is 243 Å². The van der Waals surface area contributed by atoms with Gasteiger partial charge in [-0.1, -0.05) is 23.7 Å². The highest BCUT2D eigenvalue weighted by Crippen LogP contribution is 2.38. The van der Waals surface area contributed by atoms with Crippen LogP contribution in [0.3, 0.4) is 0 Å². The Morgan fingerprint density at radius 2 is 1.69 bits per heavy atom. The van der Waals surface area contributed by atoms with E-state index in [9.17, 15) is 18.0 Å². The van der Waals surface area contributed by atoms with Gasteiger partial charge in [0.1, 0.15) is 5.69 Å². The van der Waals surface area contributed by atoms with Crippen LogP contribution in [-0.4, -0.2) is 64.3 Å². The molecule has 216 valence electrons. The summed E-state index contributed by atoms with van der Waals surface area (Å²) in [6, 6.07) is 16.8. The molecular weight excluding hydrogens is 569 g/mol. The van der Waals surface area contributed by atoms with Gasteiger partial charge >= 0.3 is 12.2 Å². The van der Waals surface area contributed by atoms with Gasteiger partial charge in [0, 0.05) is 37.4 Å². The zero-order valence-corrected chi connectivity index (χ0v) is 23.2. The molecule has 0 bridgehead atoms. The first-order valence-electron chi connectivity index (χ1n) is 13.1. The number of hydrogen-bond donors (Lipinski definition) is 3. The van der Waals surface area contributed by atoms with Gasteiger partial charge < -0.3 is 20.5 Å². The molecule has 13 heteroatoms. The molecule has 9 nitrogen and oxygen atoms in total. The van der Waals surface area contributed by atoms with Crippen LogP contribution in [0.1, 0.15) is 5.56 Å². The summed E-state index contributed by atoms with van der Waals surface area (Å²) in [5.74, 6) is 0.638. The lowest BCUT2D eigenvalue weighted by Gasteiger charge is -2.34. The average molecular weight is 595 g/mol. The summed E-state index contributed by atoms with van der Waals surface area (Å²) < 4.78 is 40.2. The van der Waals surface area contributed by atoms with Gasteiger partial charge in [-0.15, -0.1) is 0 Å². The number of carbonyl (C=O) groups is 1. The van der Waals surface area contributed by atoms with Crippen molar-refractivity contribution in [2.24, 2.45) is 5.73 Å². The van der Waals surface area contributed by atoms with Gasteiger partial charge in [0.15, 0.2) is 5.82 Å². The van der Waals surface area contributed by atoms with Gasteiger partial charge in [0.2, 0.25) is 0 Å². The second-order valence-electron chi connectivity index (χ2n) is 10.1. The second-order valence-corrected chi connectivity index (χ2v) is 10.5. The van der Waals surface area contributed by atoms with E-state index in [4.69, 9.17) is 22.3 Å². The minimum absolute atomic E-state index is 0.0605. The maximum Gasteiger partial charge on any atom is 0.417 e. The maximum absolute atomic E-state index is 13.4. The first-order valence-corrected chi connectivity index (χ1v) is 13.5. The molecule has 5 aromatic rings. The number of aromatic amines is 2. The van der Waals surface area contributed by atoms with E-state index in [2.05, 4.69) is 44.2 Å². The molecule has 0 aliphatic carbocycles. The minimum atomic E-state index is -4.69. The Morgan fingerprint density at radius 1 is 0.976 bits per heavy atom. The number of aromatic nitrogens is 4. The number of fused-ring (bicyclic) bond motifs is 1. The summed E-state index contributed by atoms with van der Waals surface area (Å²) in [6.45, 7) is 3.98. The normalized spacial score (nSPS) is 14.5. The predicted octanol–water partition coefficient (Wildman–Crippen LogP) is 6.26. The predicted molar refractivity (Wildman–Crippen MR) is 157 cm³/mol. The summed E-state index contributed by atoms with van der Waals surface area (Å²) in [5, 5.41) is 6.94. The number of hydrogen-bond acceptors (Lipinski definition) is 5. The van der Waals surface area contributed by atoms with Gasteiger partial charge in [-0.05, 0) is 61.6 Å². The Bertz CT molecular complexity index is 1760. The van der Waals surface area contributed by atoms with Crippen LogP contribution in [0.15, 0.2) is 66.7 Å². The van der Waals surface area contributed by atoms with Crippen LogP contribution < -0.4 is 15.5 Å². The summed E-state index contributed by atoms with van der Waals surface area (Å²) in [4.78, 5) is 26.0. The molecule has 3 aromatic carbocycles. The fourth-order valence-electron chi connectivity index (χ4n) is 5.03. The molecule has 2 aromatic heterocycles. The summed E-state index contributed by atoms with van der Waals surface area (Å²) in [5.41, 5.74) is 9.63. The van der Waals surface area contributed by atoms with Crippen LogP contribution in [0, 0.1) is 0 Å². The highest BCUT2D eigenvalue weighted by molar-refractivity contribution is 6.31. The van der Waals surface area contributed by atoms with Crippen LogP contribution in [0.2, 0.25) is 5.02 Å². The van der Waals surface area contributed by atoms with Crippen molar-refractivity contribution >= 4 is 45.7 Å². The van der Waals surface area contributed by atoms with Crippen molar-refractivity contribution in [1.82, 2.24) is 25.1 Å². The molecule has 1 fully saturated rings. The van der Waals surface area contributed by atoms with Gasteiger partial charge in [-0.3, -0.25) is 10.00 Å². The van der Waals surface area contributed by atoms with E-state index in [0.29, 0.717) is 22.8 Å². The number of piperazine rings is 1. The lowest BCUT2D eigenvalue weighted by atomic mass is 10.1. The van der Waals surface area contributed by atoms with Crippen LogP contribution >= 0.6 is 11.6 Å². The molecule has 42 heavy (non-hydrogen) atoms. The summed E-state index contributed by atoms with van der Waals surface area (Å²) in [7, 11) is 2.13. The van der Waals surface area contributed by atoms with Gasteiger partial charge in [-0.2, -0.15) is 18.3 Å². The number of imidazole rings is 1. The molecule has 0 spiro atoms.